The lowest BCUT2D eigenvalue weighted by Crippen LogP contribution is -2.35. The van der Waals surface area contributed by atoms with Gasteiger partial charge in [-0.3, -0.25) is 9.79 Å². The standard InChI is InChI=1S/C18H16ClN3OS/c1-10-20-14(9-24-10)18-21-13-7-4-8-15(23)16(13)17(22-18)11-5-2-3-6-12(11)19/h2-3,5-6,9,17H,4,7-8H2,1H3,(H,21,22). The van der Waals surface area contributed by atoms with E-state index in [1.807, 2.05) is 36.6 Å². The Bertz CT molecular complexity index is 884. The molecule has 0 amide bonds. The third-order valence-electron chi connectivity index (χ3n) is 4.32. The summed E-state index contributed by atoms with van der Waals surface area (Å²) in [6.45, 7) is 1.97. The van der Waals surface area contributed by atoms with Crippen molar-refractivity contribution in [1.82, 2.24) is 10.3 Å². The number of thiazole rings is 1. The summed E-state index contributed by atoms with van der Waals surface area (Å²) in [5.41, 5.74) is 3.41. The van der Waals surface area contributed by atoms with Gasteiger partial charge >= 0.3 is 0 Å². The molecule has 6 heteroatoms. The number of ketones is 1. The number of aliphatic imine (C=N–C) groups is 1. The Morgan fingerprint density at radius 2 is 2.12 bits per heavy atom. The van der Waals surface area contributed by atoms with Crippen molar-refractivity contribution in [2.24, 2.45) is 4.99 Å². The number of benzene rings is 1. The quantitative estimate of drug-likeness (QED) is 0.876. The molecule has 2 aromatic rings. The number of carbonyl (C=O) groups excluding carboxylic acids is 1. The first-order valence-corrected chi connectivity index (χ1v) is 9.17. The zero-order chi connectivity index (χ0) is 16.7. The number of allylic oxidation sites excluding steroid dienone is 1. The first-order chi connectivity index (χ1) is 11.6. The maximum atomic E-state index is 12.5. The van der Waals surface area contributed by atoms with E-state index in [-0.39, 0.29) is 11.8 Å². The van der Waals surface area contributed by atoms with Crippen LogP contribution in [0, 0.1) is 6.92 Å². The number of aryl methyl sites for hydroxylation is 1. The van der Waals surface area contributed by atoms with Crippen molar-refractivity contribution >= 4 is 34.6 Å². The Morgan fingerprint density at radius 1 is 1.29 bits per heavy atom. The zero-order valence-corrected chi connectivity index (χ0v) is 14.7. The maximum Gasteiger partial charge on any atom is 0.163 e. The van der Waals surface area contributed by atoms with E-state index in [1.54, 1.807) is 11.3 Å². The molecule has 1 N–H and O–H groups in total. The zero-order valence-electron chi connectivity index (χ0n) is 13.2. The van der Waals surface area contributed by atoms with Crippen molar-refractivity contribution in [1.29, 1.82) is 0 Å². The van der Waals surface area contributed by atoms with Crippen LogP contribution in [0.15, 0.2) is 45.9 Å². The number of rotatable bonds is 2. The van der Waals surface area contributed by atoms with Gasteiger partial charge in [0.25, 0.3) is 0 Å². The number of halogens is 1. The third kappa shape index (κ3) is 2.68. The summed E-state index contributed by atoms with van der Waals surface area (Å²) in [4.78, 5) is 21.9. The SMILES string of the molecule is Cc1nc(C2=NC(c3ccccc3Cl)C3=C(CCCC3=O)N2)cs1. The Balaban J connectivity index is 1.85. The number of hydrogen-bond donors (Lipinski definition) is 1. The number of nitrogens with zero attached hydrogens (tertiary/aromatic N) is 2. The Morgan fingerprint density at radius 3 is 2.88 bits per heavy atom. The fourth-order valence-corrected chi connectivity index (χ4v) is 4.04. The number of nitrogens with one attached hydrogen (secondary N) is 1. The van der Waals surface area contributed by atoms with Gasteiger partial charge in [-0.2, -0.15) is 0 Å². The predicted octanol–water partition coefficient (Wildman–Crippen LogP) is 4.20. The van der Waals surface area contributed by atoms with Gasteiger partial charge in [0, 0.05) is 28.1 Å². The third-order valence-corrected chi connectivity index (χ3v) is 5.44. The van der Waals surface area contributed by atoms with E-state index in [4.69, 9.17) is 16.6 Å². The molecule has 4 nitrogen and oxygen atoms in total. The normalized spacial score (nSPS) is 20.5. The molecule has 0 spiro atoms. The van der Waals surface area contributed by atoms with E-state index in [2.05, 4.69) is 10.3 Å². The Hall–Kier alpha value is -1.98. The maximum absolute atomic E-state index is 12.5. The monoisotopic (exact) mass is 357 g/mol. The molecule has 0 saturated heterocycles. The molecule has 0 radical (unpaired) electrons. The topological polar surface area (TPSA) is 54.4 Å². The molecule has 1 aliphatic heterocycles. The van der Waals surface area contributed by atoms with E-state index < -0.39 is 0 Å². The lowest BCUT2D eigenvalue weighted by atomic mass is 9.85. The van der Waals surface area contributed by atoms with E-state index >= 15 is 0 Å². The van der Waals surface area contributed by atoms with Crippen LogP contribution in [0.5, 0.6) is 0 Å². The highest BCUT2D eigenvalue weighted by molar-refractivity contribution is 7.09. The van der Waals surface area contributed by atoms with Crippen LogP contribution in [-0.4, -0.2) is 16.6 Å². The highest BCUT2D eigenvalue weighted by atomic mass is 35.5. The van der Waals surface area contributed by atoms with Crippen LogP contribution in [0.25, 0.3) is 0 Å². The summed E-state index contributed by atoms with van der Waals surface area (Å²) in [6, 6.07) is 7.24. The minimum absolute atomic E-state index is 0.158. The summed E-state index contributed by atoms with van der Waals surface area (Å²) < 4.78 is 0. The average molecular weight is 358 g/mol. The van der Waals surface area contributed by atoms with Crippen LogP contribution in [0.3, 0.4) is 0 Å². The lowest BCUT2D eigenvalue weighted by Gasteiger charge is -2.30. The minimum Gasteiger partial charge on any atom is -0.342 e. The van der Waals surface area contributed by atoms with Gasteiger partial charge in [0.1, 0.15) is 11.7 Å². The number of hydrogen-bond acceptors (Lipinski definition) is 5. The predicted molar refractivity (Wildman–Crippen MR) is 96.6 cm³/mol. The highest BCUT2D eigenvalue weighted by Gasteiger charge is 2.34. The first kappa shape index (κ1) is 15.5. The van der Waals surface area contributed by atoms with E-state index in [1.165, 1.54) is 0 Å². The van der Waals surface area contributed by atoms with Gasteiger partial charge in [0.2, 0.25) is 0 Å². The summed E-state index contributed by atoms with van der Waals surface area (Å²) in [5.74, 6) is 0.878. The van der Waals surface area contributed by atoms with Crippen LogP contribution in [0.4, 0.5) is 0 Å². The van der Waals surface area contributed by atoms with Crippen LogP contribution in [0.1, 0.15) is 41.6 Å². The Labute approximate surface area is 149 Å². The molecule has 0 saturated carbocycles. The van der Waals surface area contributed by atoms with Gasteiger partial charge in [-0.05, 0) is 31.4 Å². The fraction of sp³-hybridized carbons (Fsp3) is 0.278. The molecule has 122 valence electrons. The van der Waals surface area contributed by atoms with Gasteiger partial charge in [-0.25, -0.2) is 4.98 Å². The summed E-state index contributed by atoms with van der Waals surface area (Å²) in [7, 11) is 0. The van der Waals surface area contributed by atoms with Crippen LogP contribution >= 0.6 is 22.9 Å². The second-order valence-electron chi connectivity index (χ2n) is 5.95. The van der Waals surface area contributed by atoms with Crippen molar-refractivity contribution in [2.45, 2.75) is 32.2 Å². The van der Waals surface area contributed by atoms with Crippen molar-refractivity contribution in [3.05, 3.63) is 62.2 Å². The number of amidine groups is 1. The molecule has 1 aromatic carbocycles. The molecule has 0 fully saturated rings. The van der Waals surface area contributed by atoms with Gasteiger partial charge in [0.05, 0.1) is 5.01 Å². The fourth-order valence-electron chi connectivity index (χ4n) is 3.20. The van der Waals surface area contributed by atoms with Gasteiger partial charge < -0.3 is 5.32 Å². The second kappa shape index (κ2) is 6.15. The minimum atomic E-state index is -0.361. The van der Waals surface area contributed by atoms with Gasteiger partial charge in [-0.1, -0.05) is 29.8 Å². The number of aromatic nitrogens is 1. The number of Topliss-reactive ketones (excluding diaryl/α,β-unsaturated/α-hetero) is 1. The molecule has 4 rings (SSSR count). The molecule has 1 aromatic heterocycles. The molecule has 1 aliphatic carbocycles. The molecule has 0 bridgehead atoms. The molecular weight excluding hydrogens is 342 g/mol. The van der Waals surface area contributed by atoms with Crippen molar-refractivity contribution in [2.75, 3.05) is 0 Å². The van der Waals surface area contributed by atoms with Crippen molar-refractivity contribution in [3.63, 3.8) is 0 Å². The van der Waals surface area contributed by atoms with Crippen LogP contribution in [0.2, 0.25) is 5.02 Å². The lowest BCUT2D eigenvalue weighted by molar-refractivity contribution is -0.116. The van der Waals surface area contributed by atoms with E-state index in [0.717, 1.165) is 46.2 Å². The summed E-state index contributed by atoms with van der Waals surface area (Å²) in [6.07, 6.45) is 2.29. The molecule has 1 unspecified atom stereocenters. The number of carbonyl (C=O) groups is 1. The molecular formula is C18H16ClN3OS. The van der Waals surface area contributed by atoms with Crippen LogP contribution in [-0.2, 0) is 4.79 Å². The van der Waals surface area contributed by atoms with Gasteiger partial charge in [0.15, 0.2) is 11.6 Å². The smallest absolute Gasteiger partial charge is 0.163 e. The van der Waals surface area contributed by atoms with E-state index in [9.17, 15) is 4.79 Å². The molecule has 1 atom stereocenters. The highest BCUT2D eigenvalue weighted by Crippen LogP contribution is 2.39. The summed E-state index contributed by atoms with van der Waals surface area (Å²) in [5, 5.41) is 6.95. The second-order valence-corrected chi connectivity index (χ2v) is 7.42. The molecule has 2 heterocycles. The first-order valence-electron chi connectivity index (χ1n) is 7.91. The van der Waals surface area contributed by atoms with Crippen molar-refractivity contribution in [3.8, 4) is 0 Å². The average Bonchev–Trinajstić information content (AvgIpc) is 3.01. The van der Waals surface area contributed by atoms with Crippen LogP contribution < -0.4 is 5.32 Å². The van der Waals surface area contributed by atoms with E-state index in [0.29, 0.717) is 11.4 Å². The Kier molecular flexibility index (Phi) is 3.98. The van der Waals surface area contributed by atoms with Crippen molar-refractivity contribution < 1.29 is 4.79 Å². The largest absolute Gasteiger partial charge is 0.342 e. The molecule has 24 heavy (non-hydrogen) atoms. The summed E-state index contributed by atoms with van der Waals surface area (Å²) >= 11 is 7.98. The van der Waals surface area contributed by atoms with Gasteiger partial charge in [-0.15, -0.1) is 11.3 Å². The molecule has 2 aliphatic rings.